The molecule has 0 aromatic rings. The summed E-state index contributed by atoms with van der Waals surface area (Å²) >= 11 is 0. The highest BCUT2D eigenvalue weighted by atomic mass is 14.1. The predicted octanol–water partition coefficient (Wildman–Crippen LogP) is 3.35. The summed E-state index contributed by atoms with van der Waals surface area (Å²) in [5, 5.41) is 0. The zero-order chi connectivity index (χ0) is 7.23. The summed E-state index contributed by atoms with van der Waals surface area (Å²) in [4.78, 5) is 0. The molecule has 1 unspecified atom stereocenters. The molecule has 0 spiro atoms. The summed E-state index contributed by atoms with van der Waals surface area (Å²) in [6.07, 6.45) is 12.6. The number of allylic oxidation sites excluding steroid dienone is 2. The SMILES string of the molecule is [CH2]C1C/C=C/CCCCC1. The van der Waals surface area contributed by atoms with Crippen molar-refractivity contribution < 1.29 is 0 Å². The van der Waals surface area contributed by atoms with Gasteiger partial charge in [-0.2, -0.15) is 0 Å². The van der Waals surface area contributed by atoms with Crippen molar-refractivity contribution in [1.82, 2.24) is 0 Å². The molecule has 0 saturated carbocycles. The second-order valence-electron chi connectivity index (χ2n) is 3.21. The van der Waals surface area contributed by atoms with Crippen LogP contribution in [-0.2, 0) is 0 Å². The van der Waals surface area contributed by atoms with Crippen LogP contribution in [0.2, 0.25) is 0 Å². The molecule has 10 heavy (non-hydrogen) atoms. The van der Waals surface area contributed by atoms with Gasteiger partial charge in [0.15, 0.2) is 0 Å². The summed E-state index contributed by atoms with van der Waals surface area (Å²) in [6.45, 7) is 4.09. The minimum Gasteiger partial charge on any atom is -0.0885 e. The molecule has 1 radical (unpaired) electrons. The molecule has 1 atom stereocenters. The van der Waals surface area contributed by atoms with Crippen molar-refractivity contribution in [1.29, 1.82) is 0 Å². The van der Waals surface area contributed by atoms with Gasteiger partial charge in [-0.25, -0.2) is 0 Å². The number of hydrogen-bond acceptors (Lipinski definition) is 0. The molecule has 1 aliphatic rings. The molecule has 0 heterocycles. The highest BCUT2D eigenvalue weighted by Gasteiger charge is 2.00. The van der Waals surface area contributed by atoms with Crippen molar-refractivity contribution in [2.45, 2.75) is 38.5 Å². The van der Waals surface area contributed by atoms with Crippen molar-refractivity contribution in [2.24, 2.45) is 5.92 Å². The lowest BCUT2D eigenvalue weighted by molar-refractivity contribution is 0.543. The number of rotatable bonds is 0. The van der Waals surface area contributed by atoms with Crippen molar-refractivity contribution >= 4 is 0 Å². The van der Waals surface area contributed by atoms with Crippen LogP contribution in [0.4, 0.5) is 0 Å². The molecule has 0 aliphatic heterocycles. The van der Waals surface area contributed by atoms with Crippen LogP contribution in [0.1, 0.15) is 38.5 Å². The standard InChI is InChI=1S/C10H17/c1-10-8-6-4-2-3-5-7-9-10/h4,6,10H,1-3,5,7-9H2/b6-4+. The van der Waals surface area contributed by atoms with E-state index in [2.05, 4.69) is 19.1 Å². The van der Waals surface area contributed by atoms with Gasteiger partial charge in [0, 0.05) is 0 Å². The van der Waals surface area contributed by atoms with Crippen LogP contribution in [0, 0.1) is 12.8 Å². The lowest BCUT2D eigenvalue weighted by atomic mass is 10.0. The van der Waals surface area contributed by atoms with E-state index in [1.807, 2.05) is 0 Å². The maximum atomic E-state index is 4.09. The Morgan fingerprint density at radius 3 is 2.90 bits per heavy atom. The first kappa shape index (κ1) is 7.84. The predicted molar refractivity (Wildman–Crippen MR) is 45.7 cm³/mol. The quantitative estimate of drug-likeness (QED) is 0.449. The monoisotopic (exact) mass is 137 g/mol. The number of hydrogen-bond donors (Lipinski definition) is 0. The normalized spacial score (nSPS) is 31.9. The second kappa shape index (κ2) is 4.54. The molecule has 0 bridgehead atoms. The van der Waals surface area contributed by atoms with Crippen LogP contribution in [0.15, 0.2) is 12.2 Å². The van der Waals surface area contributed by atoms with Gasteiger partial charge in [-0.05, 0) is 32.1 Å². The molecular formula is C10H17. The van der Waals surface area contributed by atoms with Crippen molar-refractivity contribution in [3.8, 4) is 0 Å². The van der Waals surface area contributed by atoms with Crippen LogP contribution >= 0.6 is 0 Å². The van der Waals surface area contributed by atoms with Gasteiger partial charge >= 0.3 is 0 Å². The Balaban J connectivity index is 2.26. The van der Waals surface area contributed by atoms with Crippen molar-refractivity contribution in [2.75, 3.05) is 0 Å². The molecule has 0 aromatic heterocycles. The lowest BCUT2D eigenvalue weighted by Crippen LogP contribution is -1.91. The molecule has 57 valence electrons. The van der Waals surface area contributed by atoms with E-state index in [1.54, 1.807) is 0 Å². The average Bonchev–Trinajstić information content (AvgIpc) is 2.02. The molecule has 0 fully saturated rings. The molecule has 1 rings (SSSR count). The summed E-state index contributed by atoms with van der Waals surface area (Å²) in [5.74, 6) is 0.675. The van der Waals surface area contributed by atoms with E-state index < -0.39 is 0 Å². The summed E-state index contributed by atoms with van der Waals surface area (Å²) < 4.78 is 0. The fourth-order valence-electron chi connectivity index (χ4n) is 1.40. The molecule has 0 aromatic carbocycles. The van der Waals surface area contributed by atoms with E-state index in [4.69, 9.17) is 0 Å². The molecule has 0 amide bonds. The summed E-state index contributed by atoms with van der Waals surface area (Å²) in [6, 6.07) is 0. The largest absolute Gasteiger partial charge is 0.0885 e. The Morgan fingerprint density at radius 1 is 1.10 bits per heavy atom. The smallest absolute Gasteiger partial charge is 0.0322 e. The van der Waals surface area contributed by atoms with Gasteiger partial charge in [0.25, 0.3) is 0 Å². The third-order valence-corrected chi connectivity index (χ3v) is 2.12. The molecule has 0 N–H and O–H groups in total. The zero-order valence-corrected chi connectivity index (χ0v) is 6.68. The Labute approximate surface area is 64.3 Å². The fraction of sp³-hybridized carbons (Fsp3) is 0.700. The molecule has 0 nitrogen and oxygen atoms in total. The van der Waals surface area contributed by atoms with Gasteiger partial charge in [-0.1, -0.05) is 31.4 Å². The third-order valence-electron chi connectivity index (χ3n) is 2.12. The summed E-state index contributed by atoms with van der Waals surface area (Å²) in [7, 11) is 0. The van der Waals surface area contributed by atoms with Gasteiger partial charge in [0.2, 0.25) is 0 Å². The van der Waals surface area contributed by atoms with E-state index >= 15 is 0 Å². The van der Waals surface area contributed by atoms with Gasteiger partial charge in [0.1, 0.15) is 0 Å². The zero-order valence-electron chi connectivity index (χ0n) is 6.68. The Morgan fingerprint density at radius 2 is 2.00 bits per heavy atom. The molecule has 0 heteroatoms. The van der Waals surface area contributed by atoms with Gasteiger partial charge in [0.05, 0.1) is 0 Å². The highest BCUT2D eigenvalue weighted by Crippen LogP contribution is 2.16. The third kappa shape index (κ3) is 3.05. The molecule has 0 saturated heterocycles. The van der Waals surface area contributed by atoms with Gasteiger partial charge < -0.3 is 0 Å². The van der Waals surface area contributed by atoms with E-state index in [0.29, 0.717) is 5.92 Å². The Kier molecular flexibility index (Phi) is 3.56. The van der Waals surface area contributed by atoms with Crippen molar-refractivity contribution in [3.05, 3.63) is 19.1 Å². The molecular weight excluding hydrogens is 120 g/mol. The van der Waals surface area contributed by atoms with Gasteiger partial charge in [-0.3, -0.25) is 0 Å². The maximum absolute atomic E-state index is 4.09. The van der Waals surface area contributed by atoms with Crippen molar-refractivity contribution in [3.63, 3.8) is 0 Å². The first-order chi connectivity index (χ1) is 4.89. The van der Waals surface area contributed by atoms with Crippen LogP contribution < -0.4 is 0 Å². The minimum absolute atomic E-state index is 0.675. The topological polar surface area (TPSA) is 0 Å². The Hall–Kier alpha value is -0.260. The lowest BCUT2D eigenvalue weighted by Gasteiger charge is -2.05. The van der Waals surface area contributed by atoms with Crippen LogP contribution in [0.5, 0.6) is 0 Å². The Bertz CT molecular complexity index is 103. The highest BCUT2D eigenvalue weighted by molar-refractivity contribution is 4.85. The van der Waals surface area contributed by atoms with Crippen LogP contribution in [0.25, 0.3) is 0 Å². The van der Waals surface area contributed by atoms with E-state index in [-0.39, 0.29) is 0 Å². The van der Waals surface area contributed by atoms with E-state index in [1.165, 1.54) is 38.5 Å². The van der Waals surface area contributed by atoms with Crippen LogP contribution in [-0.4, -0.2) is 0 Å². The fourth-order valence-corrected chi connectivity index (χ4v) is 1.40. The molecule has 1 aliphatic carbocycles. The average molecular weight is 137 g/mol. The van der Waals surface area contributed by atoms with E-state index in [0.717, 1.165) is 0 Å². The maximum Gasteiger partial charge on any atom is -0.0322 e. The van der Waals surface area contributed by atoms with E-state index in [9.17, 15) is 0 Å². The first-order valence-electron chi connectivity index (χ1n) is 4.37. The first-order valence-corrected chi connectivity index (χ1v) is 4.37. The van der Waals surface area contributed by atoms with Gasteiger partial charge in [-0.15, -0.1) is 0 Å². The van der Waals surface area contributed by atoms with Crippen LogP contribution in [0.3, 0.4) is 0 Å². The minimum atomic E-state index is 0.675. The summed E-state index contributed by atoms with van der Waals surface area (Å²) in [5.41, 5.74) is 0. The second-order valence-corrected chi connectivity index (χ2v) is 3.21.